The Morgan fingerprint density at radius 3 is 2.75 bits per heavy atom. The van der Waals surface area contributed by atoms with Gasteiger partial charge in [0.05, 0.1) is 6.04 Å². The molecule has 2 aromatic rings. The first-order valence-electron chi connectivity index (χ1n) is 7.27. The Morgan fingerprint density at radius 2 is 2.00 bits per heavy atom. The van der Waals surface area contributed by atoms with Crippen LogP contribution in [0.1, 0.15) is 49.7 Å². The molecular weight excluding hydrogens is 252 g/mol. The van der Waals surface area contributed by atoms with E-state index < -0.39 is 0 Å². The number of nitrogens with zero attached hydrogens (tertiary/aromatic N) is 3. The van der Waals surface area contributed by atoms with E-state index in [1.54, 1.807) is 0 Å². The van der Waals surface area contributed by atoms with Crippen LogP contribution >= 0.6 is 0 Å². The van der Waals surface area contributed by atoms with Gasteiger partial charge in [0.25, 0.3) is 0 Å². The van der Waals surface area contributed by atoms with Gasteiger partial charge in [-0.2, -0.15) is 4.98 Å². The molecule has 5 heteroatoms. The van der Waals surface area contributed by atoms with Crippen molar-refractivity contribution in [1.29, 1.82) is 0 Å². The van der Waals surface area contributed by atoms with Crippen LogP contribution in [0.15, 0.2) is 22.7 Å². The third-order valence-electron chi connectivity index (χ3n) is 4.00. The summed E-state index contributed by atoms with van der Waals surface area (Å²) in [5.41, 5.74) is 7.94. The minimum atomic E-state index is -0.152. The lowest BCUT2D eigenvalue weighted by Crippen LogP contribution is -2.23. The van der Waals surface area contributed by atoms with Crippen molar-refractivity contribution in [2.24, 2.45) is 11.7 Å². The Morgan fingerprint density at radius 1 is 1.20 bits per heavy atom. The second-order valence-corrected chi connectivity index (χ2v) is 5.54. The second-order valence-electron chi connectivity index (χ2n) is 5.54. The third-order valence-corrected chi connectivity index (χ3v) is 4.00. The number of aromatic nitrogens is 3. The van der Waals surface area contributed by atoms with E-state index in [0.29, 0.717) is 17.6 Å². The molecule has 1 aliphatic rings. The summed E-state index contributed by atoms with van der Waals surface area (Å²) in [5.74, 6) is 1.52. The van der Waals surface area contributed by atoms with Crippen LogP contribution in [0.25, 0.3) is 11.5 Å². The zero-order chi connectivity index (χ0) is 13.9. The molecule has 1 saturated carbocycles. The fourth-order valence-electron chi connectivity index (χ4n) is 2.84. The number of aryl methyl sites for hydroxylation is 1. The molecule has 106 valence electrons. The highest BCUT2D eigenvalue weighted by Gasteiger charge is 2.26. The Balaban J connectivity index is 1.79. The van der Waals surface area contributed by atoms with E-state index in [1.807, 2.05) is 25.1 Å². The van der Waals surface area contributed by atoms with E-state index in [4.69, 9.17) is 10.3 Å². The van der Waals surface area contributed by atoms with Crippen molar-refractivity contribution in [3.8, 4) is 11.5 Å². The van der Waals surface area contributed by atoms with Crippen molar-refractivity contribution in [2.45, 2.75) is 45.1 Å². The van der Waals surface area contributed by atoms with Gasteiger partial charge in [0.2, 0.25) is 11.7 Å². The summed E-state index contributed by atoms with van der Waals surface area (Å²) in [4.78, 5) is 8.83. The van der Waals surface area contributed by atoms with Crippen LogP contribution in [0.2, 0.25) is 0 Å². The van der Waals surface area contributed by atoms with Gasteiger partial charge in [0, 0.05) is 5.69 Å². The minimum absolute atomic E-state index is 0.152. The molecule has 0 aliphatic heterocycles. The van der Waals surface area contributed by atoms with Crippen molar-refractivity contribution in [3.05, 3.63) is 29.8 Å². The molecule has 5 nitrogen and oxygen atoms in total. The predicted molar refractivity (Wildman–Crippen MR) is 75.8 cm³/mol. The number of pyridine rings is 1. The summed E-state index contributed by atoms with van der Waals surface area (Å²) in [5, 5.41) is 4.01. The largest absolute Gasteiger partial charge is 0.337 e. The highest BCUT2D eigenvalue weighted by atomic mass is 16.5. The maximum Gasteiger partial charge on any atom is 0.244 e. The number of nitrogens with two attached hydrogens (primary N) is 1. The fourth-order valence-corrected chi connectivity index (χ4v) is 2.84. The van der Waals surface area contributed by atoms with Crippen molar-refractivity contribution in [3.63, 3.8) is 0 Å². The van der Waals surface area contributed by atoms with Gasteiger partial charge < -0.3 is 10.3 Å². The highest BCUT2D eigenvalue weighted by Crippen LogP contribution is 2.32. The van der Waals surface area contributed by atoms with Gasteiger partial charge in [-0.25, -0.2) is 4.98 Å². The van der Waals surface area contributed by atoms with E-state index in [0.717, 1.165) is 24.2 Å². The first-order chi connectivity index (χ1) is 9.74. The van der Waals surface area contributed by atoms with Crippen molar-refractivity contribution >= 4 is 0 Å². The second kappa shape index (κ2) is 5.71. The summed E-state index contributed by atoms with van der Waals surface area (Å²) >= 11 is 0. The van der Waals surface area contributed by atoms with Crippen molar-refractivity contribution < 1.29 is 4.52 Å². The van der Waals surface area contributed by atoms with Crippen LogP contribution in [-0.4, -0.2) is 15.1 Å². The minimum Gasteiger partial charge on any atom is -0.337 e. The molecule has 2 heterocycles. The van der Waals surface area contributed by atoms with Crippen LogP contribution < -0.4 is 5.73 Å². The topological polar surface area (TPSA) is 77.8 Å². The van der Waals surface area contributed by atoms with E-state index >= 15 is 0 Å². The lowest BCUT2D eigenvalue weighted by atomic mass is 9.84. The molecule has 0 amide bonds. The SMILES string of the molecule is Cc1cccc(-c2noc(C(N)C3CCCCC3)n2)n1. The maximum atomic E-state index is 6.27. The van der Waals surface area contributed by atoms with Crippen LogP contribution in [0.5, 0.6) is 0 Å². The number of hydrogen-bond donors (Lipinski definition) is 1. The van der Waals surface area contributed by atoms with Gasteiger partial charge >= 0.3 is 0 Å². The summed E-state index contributed by atoms with van der Waals surface area (Å²) in [6.07, 6.45) is 6.12. The molecule has 0 spiro atoms. The molecule has 2 N–H and O–H groups in total. The molecule has 0 radical (unpaired) electrons. The smallest absolute Gasteiger partial charge is 0.244 e. The first-order valence-corrected chi connectivity index (χ1v) is 7.27. The fraction of sp³-hybridized carbons (Fsp3) is 0.533. The normalized spacial score (nSPS) is 18.1. The molecule has 20 heavy (non-hydrogen) atoms. The van der Waals surface area contributed by atoms with Crippen LogP contribution in [0.4, 0.5) is 0 Å². The van der Waals surface area contributed by atoms with Gasteiger partial charge in [-0.05, 0) is 37.8 Å². The first kappa shape index (κ1) is 13.2. The zero-order valence-electron chi connectivity index (χ0n) is 11.7. The molecular formula is C15H20N4O. The summed E-state index contributed by atoms with van der Waals surface area (Å²) < 4.78 is 5.35. The van der Waals surface area contributed by atoms with Crippen molar-refractivity contribution in [1.82, 2.24) is 15.1 Å². The summed E-state index contributed by atoms with van der Waals surface area (Å²) in [6, 6.07) is 5.61. The zero-order valence-corrected chi connectivity index (χ0v) is 11.7. The summed E-state index contributed by atoms with van der Waals surface area (Å²) in [6.45, 7) is 1.94. The lowest BCUT2D eigenvalue weighted by molar-refractivity contribution is 0.255. The van der Waals surface area contributed by atoms with Gasteiger partial charge in [-0.1, -0.05) is 30.5 Å². The Bertz CT molecular complexity index is 575. The summed E-state index contributed by atoms with van der Waals surface area (Å²) in [7, 11) is 0. The predicted octanol–water partition coefficient (Wildman–Crippen LogP) is 3.02. The average Bonchev–Trinajstić information content (AvgIpc) is 2.97. The monoisotopic (exact) mass is 272 g/mol. The van der Waals surface area contributed by atoms with E-state index in [-0.39, 0.29) is 6.04 Å². The van der Waals surface area contributed by atoms with Crippen LogP contribution in [0.3, 0.4) is 0 Å². The van der Waals surface area contributed by atoms with Crippen LogP contribution in [-0.2, 0) is 0 Å². The third kappa shape index (κ3) is 2.72. The van der Waals surface area contributed by atoms with Gasteiger partial charge in [0.1, 0.15) is 5.69 Å². The van der Waals surface area contributed by atoms with Crippen LogP contribution in [0, 0.1) is 12.8 Å². The molecule has 0 bridgehead atoms. The lowest BCUT2D eigenvalue weighted by Gasteiger charge is -2.24. The number of rotatable bonds is 3. The molecule has 1 atom stereocenters. The van der Waals surface area contributed by atoms with Gasteiger partial charge in [-0.3, -0.25) is 0 Å². The molecule has 1 fully saturated rings. The molecule has 0 saturated heterocycles. The molecule has 2 aromatic heterocycles. The Hall–Kier alpha value is -1.75. The van der Waals surface area contributed by atoms with Gasteiger partial charge in [-0.15, -0.1) is 0 Å². The standard InChI is InChI=1S/C15H20N4O/c1-10-6-5-9-12(17-10)14-18-15(20-19-14)13(16)11-7-3-2-4-8-11/h5-6,9,11,13H,2-4,7-8,16H2,1H3. The molecule has 1 aliphatic carbocycles. The van der Waals surface area contributed by atoms with E-state index in [2.05, 4.69) is 15.1 Å². The van der Waals surface area contributed by atoms with Gasteiger partial charge in [0.15, 0.2) is 0 Å². The Kier molecular flexibility index (Phi) is 3.78. The Labute approximate surface area is 118 Å². The molecule has 3 rings (SSSR count). The van der Waals surface area contributed by atoms with Crippen molar-refractivity contribution in [2.75, 3.05) is 0 Å². The van der Waals surface area contributed by atoms with E-state index in [9.17, 15) is 0 Å². The number of hydrogen-bond acceptors (Lipinski definition) is 5. The maximum absolute atomic E-state index is 6.27. The average molecular weight is 272 g/mol. The van der Waals surface area contributed by atoms with E-state index in [1.165, 1.54) is 19.3 Å². The molecule has 0 aromatic carbocycles. The molecule has 1 unspecified atom stereocenters. The quantitative estimate of drug-likeness (QED) is 0.929. The highest BCUT2D eigenvalue weighted by molar-refractivity contribution is 5.48.